The van der Waals surface area contributed by atoms with Crippen molar-refractivity contribution in [3.8, 4) is 0 Å². The van der Waals surface area contributed by atoms with E-state index in [4.69, 9.17) is 16.3 Å². The molecule has 0 unspecified atom stereocenters. The van der Waals surface area contributed by atoms with E-state index in [0.717, 1.165) is 5.39 Å². The molecule has 0 N–H and O–H groups in total. The fourth-order valence-corrected chi connectivity index (χ4v) is 2.00. The molecule has 1 aromatic carbocycles. The molecule has 0 saturated carbocycles. The molecule has 0 amide bonds. The van der Waals surface area contributed by atoms with E-state index in [1.54, 1.807) is 51.2 Å². The molecule has 2 rings (SSSR count). The van der Waals surface area contributed by atoms with Crippen LogP contribution in [0.2, 0.25) is 0 Å². The Bertz CT molecular complexity index is 667. The Kier molecular flexibility index (Phi) is 3.86. The summed E-state index contributed by atoms with van der Waals surface area (Å²) in [5.74, 6) is -0.260. The summed E-state index contributed by atoms with van der Waals surface area (Å²) < 4.78 is 6.72. The summed E-state index contributed by atoms with van der Waals surface area (Å²) in [5.41, 5.74) is 0.545. The van der Waals surface area contributed by atoms with Crippen molar-refractivity contribution in [2.45, 2.75) is 26.4 Å². The molecule has 0 bridgehead atoms. The number of hydrogen-bond donors (Lipinski definition) is 0. The first-order valence-electron chi connectivity index (χ1n) is 6.25. The number of aromatic nitrogens is 1. The predicted octanol–water partition coefficient (Wildman–Crippen LogP) is 3.85. The lowest BCUT2D eigenvalue weighted by atomic mass is 10.1. The Hall–Kier alpha value is -1.81. The minimum atomic E-state index is -0.572. The zero-order valence-corrected chi connectivity index (χ0v) is 12.4. The van der Waals surface area contributed by atoms with Crippen molar-refractivity contribution in [3.63, 3.8) is 0 Å². The zero-order chi connectivity index (χ0) is 14.9. The van der Waals surface area contributed by atoms with Crippen LogP contribution in [0.4, 0.5) is 4.79 Å². The highest BCUT2D eigenvalue weighted by atomic mass is 35.5. The van der Waals surface area contributed by atoms with Crippen LogP contribution in [0.3, 0.4) is 0 Å². The molecule has 4 nitrogen and oxygen atoms in total. The number of carbonyl (C=O) groups is 2. The van der Waals surface area contributed by atoms with Crippen LogP contribution >= 0.6 is 11.6 Å². The number of benzene rings is 1. The Labute approximate surface area is 122 Å². The molecule has 2 aromatic rings. The van der Waals surface area contributed by atoms with Crippen molar-refractivity contribution in [1.82, 2.24) is 4.57 Å². The monoisotopic (exact) mass is 293 g/mol. The second-order valence-electron chi connectivity index (χ2n) is 5.50. The van der Waals surface area contributed by atoms with E-state index in [0.29, 0.717) is 11.1 Å². The molecular weight excluding hydrogens is 278 g/mol. The smallest absolute Gasteiger partial charge is 0.418 e. The van der Waals surface area contributed by atoms with Gasteiger partial charge in [0.25, 0.3) is 0 Å². The van der Waals surface area contributed by atoms with Gasteiger partial charge in [0.15, 0.2) is 5.78 Å². The fourth-order valence-electron chi connectivity index (χ4n) is 1.85. The average molecular weight is 294 g/mol. The number of fused-ring (bicyclic) bond motifs is 1. The zero-order valence-electron chi connectivity index (χ0n) is 11.6. The molecule has 1 heterocycles. The number of nitrogens with zero attached hydrogens (tertiary/aromatic N) is 1. The van der Waals surface area contributed by atoms with E-state index in [9.17, 15) is 9.59 Å². The van der Waals surface area contributed by atoms with Crippen LogP contribution in [0.25, 0.3) is 10.9 Å². The summed E-state index contributed by atoms with van der Waals surface area (Å²) in [5, 5.41) is 0.863. The number of ketones is 1. The maximum Gasteiger partial charge on any atom is 0.418 e. The van der Waals surface area contributed by atoms with Crippen molar-refractivity contribution < 1.29 is 14.3 Å². The van der Waals surface area contributed by atoms with Gasteiger partial charge in [-0.05, 0) is 32.9 Å². The number of Topliss-reactive ketones (excluding diaryl/α,β-unsaturated/α-hetero) is 1. The number of alkyl halides is 1. The number of carbonyl (C=O) groups excluding carboxylic acids is 2. The summed E-state index contributed by atoms with van der Waals surface area (Å²) in [6.45, 7) is 5.41. The minimum absolute atomic E-state index is 0.0847. The molecule has 0 aliphatic heterocycles. The van der Waals surface area contributed by atoms with E-state index in [1.807, 2.05) is 0 Å². The van der Waals surface area contributed by atoms with Crippen molar-refractivity contribution in [2.75, 3.05) is 5.88 Å². The van der Waals surface area contributed by atoms with Gasteiger partial charge in [0, 0.05) is 17.1 Å². The van der Waals surface area contributed by atoms with Crippen LogP contribution in [0.15, 0.2) is 30.5 Å². The largest absolute Gasteiger partial charge is 0.443 e. The van der Waals surface area contributed by atoms with Gasteiger partial charge in [-0.15, -0.1) is 11.6 Å². The van der Waals surface area contributed by atoms with E-state index in [2.05, 4.69) is 0 Å². The van der Waals surface area contributed by atoms with Crippen molar-refractivity contribution in [2.24, 2.45) is 0 Å². The van der Waals surface area contributed by atoms with Crippen LogP contribution in [-0.4, -0.2) is 27.9 Å². The number of rotatable bonds is 2. The second kappa shape index (κ2) is 5.29. The van der Waals surface area contributed by atoms with Crippen LogP contribution < -0.4 is 0 Å². The topological polar surface area (TPSA) is 48.3 Å². The summed E-state index contributed by atoms with van der Waals surface area (Å²) in [6.07, 6.45) is 1.16. The normalized spacial score (nSPS) is 11.6. The predicted molar refractivity (Wildman–Crippen MR) is 78.6 cm³/mol. The van der Waals surface area contributed by atoms with Crippen molar-refractivity contribution in [3.05, 3.63) is 36.0 Å². The van der Waals surface area contributed by atoms with Gasteiger partial charge in [-0.25, -0.2) is 4.79 Å². The minimum Gasteiger partial charge on any atom is -0.443 e. The van der Waals surface area contributed by atoms with Crippen LogP contribution in [0.5, 0.6) is 0 Å². The summed E-state index contributed by atoms with van der Waals surface area (Å²) in [7, 11) is 0. The summed E-state index contributed by atoms with van der Waals surface area (Å²) in [6, 6.07) is 6.95. The highest BCUT2D eigenvalue weighted by Crippen LogP contribution is 2.20. The highest BCUT2D eigenvalue weighted by Gasteiger charge is 2.19. The SMILES string of the molecule is CC(C)(C)OC(=O)n1ccc2ccc(C(=O)CCl)cc21. The number of halogens is 1. The third-order valence-electron chi connectivity index (χ3n) is 2.73. The van der Waals surface area contributed by atoms with Crippen LogP contribution in [-0.2, 0) is 4.74 Å². The summed E-state index contributed by atoms with van der Waals surface area (Å²) >= 11 is 5.55. The van der Waals surface area contributed by atoms with Crippen molar-refractivity contribution >= 4 is 34.4 Å². The van der Waals surface area contributed by atoms with Gasteiger partial charge >= 0.3 is 6.09 Å². The first kappa shape index (κ1) is 14.6. The number of hydrogen-bond acceptors (Lipinski definition) is 3. The Morgan fingerprint density at radius 1 is 1.25 bits per heavy atom. The van der Waals surface area contributed by atoms with E-state index in [1.165, 1.54) is 4.57 Å². The van der Waals surface area contributed by atoms with Gasteiger partial charge in [-0.2, -0.15) is 0 Å². The molecule has 5 heteroatoms. The van der Waals surface area contributed by atoms with Gasteiger partial charge in [0.2, 0.25) is 0 Å². The molecule has 0 atom stereocenters. The Morgan fingerprint density at radius 3 is 2.55 bits per heavy atom. The summed E-state index contributed by atoms with van der Waals surface area (Å²) in [4.78, 5) is 23.7. The maximum atomic E-state index is 12.1. The van der Waals surface area contributed by atoms with E-state index in [-0.39, 0.29) is 11.7 Å². The molecule has 0 saturated heterocycles. The lowest BCUT2D eigenvalue weighted by Gasteiger charge is -2.19. The average Bonchev–Trinajstić information content (AvgIpc) is 2.78. The molecule has 0 aliphatic rings. The molecule has 1 aromatic heterocycles. The van der Waals surface area contributed by atoms with E-state index >= 15 is 0 Å². The maximum absolute atomic E-state index is 12.1. The molecule has 0 fully saturated rings. The Morgan fingerprint density at radius 2 is 1.95 bits per heavy atom. The molecule has 20 heavy (non-hydrogen) atoms. The van der Waals surface area contributed by atoms with Crippen LogP contribution in [0.1, 0.15) is 31.1 Å². The van der Waals surface area contributed by atoms with Gasteiger partial charge in [-0.1, -0.05) is 12.1 Å². The lowest BCUT2D eigenvalue weighted by molar-refractivity contribution is 0.0544. The van der Waals surface area contributed by atoms with Gasteiger partial charge < -0.3 is 4.74 Å². The van der Waals surface area contributed by atoms with Gasteiger partial charge in [-0.3, -0.25) is 9.36 Å². The first-order valence-corrected chi connectivity index (χ1v) is 6.79. The second-order valence-corrected chi connectivity index (χ2v) is 5.76. The third kappa shape index (κ3) is 3.02. The molecular formula is C15H16ClNO3. The fraction of sp³-hybridized carbons (Fsp3) is 0.333. The molecule has 106 valence electrons. The van der Waals surface area contributed by atoms with Crippen molar-refractivity contribution in [1.29, 1.82) is 0 Å². The van der Waals surface area contributed by atoms with Gasteiger partial charge in [0.05, 0.1) is 11.4 Å². The van der Waals surface area contributed by atoms with E-state index < -0.39 is 11.7 Å². The first-order chi connectivity index (χ1) is 9.31. The highest BCUT2D eigenvalue weighted by molar-refractivity contribution is 6.30. The van der Waals surface area contributed by atoms with Gasteiger partial charge in [0.1, 0.15) is 5.60 Å². The standard InChI is InChI=1S/C15H16ClNO3/c1-15(2,3)20-14(19)17-7-6-10-4-5-11(8-12(10)17)13(18)9-16/h4-8H,9H2,1-3H3. The number of ether oxygens (including phenoxy) is 1. The molecule has 0 radical (unpaired) electrons. The third-order valence-corrected chi connectivity index (χ3v) is 2.97. The van der Waals surface area contributed by atoms with Crippen LogP contribution in [0, 0.1) is 0 Å². The molecule has 0 spiro atoms. The lowest BCUT2D eigenvalue weighted by Crippen LogP contribution is -2.26. The quantitative estimate of drug-likeness (QED) is 0.624. The Balaban J connectivity index is 2.44. The molecule has 0 aliphatic carbocycles.